The van der Waals surface area contributed by atoms with E-state index in [9.17, 15) is 9.59 Å². The van der Waals surface area contributed by atoms with Crippen molar-refractivity contribution in [2.75, 3.05) is 32.8 Å². The van der Waals surface area contributed by atoms with Crippen molar-refractivity contribution in [3.63, 3.8) is 0 Å². The van der Waals surface area contributed by atoms with Gasteiger partial charge in [0.1, 0.15) is 0 Å². The van der Waals surface area contributed by atoms with Crippen molar-refractivity contribution in [2.45, 2.75) is 38.3 Å². The van der Waals surface area contributed by atoms with Gasteiger partial charge in [-0.3, -0.25) is 9.59 Å². The van der Waals surface area contributed by atoms with Crippen LogP contribution >= 0.6 is 0 Å². The van der Waals surface area contributed by atoms with Crippen LogP contribution in [-0.4, -0.2) is 61.6 Å². The smallest absolute Gasteiger partial charge is 0.222 e. The van der Waals surface area contributed by atoms with Crippen LogP contribution in [0.15, 0.2) is 0 Å². The molecule has 2 amide bonds. The number of hydrogen-bond donors (Lipinski definition) is 2. The van der Waals surface area contributed by atoms with E-state index in [2.05, 4.69) is 10.6 Å². The Hall–Kier alpha value is -1.14. The van der Waals surface area contributed by atoms with Gasteiger partial charge in [0.15, 0.2) is 0 Å². The summed E-state index contributed by atoms with van der Waals surface area (Å²) in [5.74, 6) is 0.168. The third kappa shape index (κ3) is 4.47. The highest BCUT2D eigenvalue weighted by molar-refractivity contribution is 5.77. The molecule has 2 heterocycles. The fraction of sp³-hybridized carbons (Fsp3) is 0.846. The summed E-state index contributed by atoms with van der Waals surface area (Å²) in [6.45, 7) is 5.35. The number of piperidine rings is 1. The largest absolute Gasteiger partial charge is 0.375 e. The van der Waals surface area contributed by atoms with Crippen LogP contribution in [0.1, 0.15) is 26.2 Å². The second-order valence-corrected chi connectivity index (χ2v) is 5.25. The SMILES string of the molecule is CC(=O)N1CCC(NC(=O)CC2CNCCO2)CC1. The number of morpholine rings is 1. The number of carbonyl (C=O) groups excluding carboxylic acids is 2. The lowest BCUT2D eigenvalue weighted by atomic mass is 10.0. The van der Waals surface area contributed by atoms with Crippen LogP contribution in [0, 0.1) is 0 Å². The average Bonchev–Trinajstić information content (AvgIpc) is 2.40. The first kappa shape index (κ1) is 14.3. The van der Waals surface area contributed by atoms with Gasteiger partial charge in [-0.15, -0.1) is 0 Å². The highest BCUT2D eigenvalue weighted by Crippen LogP contribution is 2.11. The molecule has 1 unspecified atom stereocenters. The Morgan fingerprint density at radius 3 is 2.68 bits per heavy atom. The molecule has 2 aliphatic rings. The summed E-state index contributed by atoms with van der Waals surface area (Å²) < 4.78 is 5.51. The minimum atomic E-state index is -0.00828. The predicted molar refractivity (Wildman–Crippen MR) is 70.6 cm³/mol. The van der Waals surface area contributed by atoms with Crippen molar-refractivity contribution >= 4 is 11.8 Å². The van der Waals surface area contributed by atoms with Gasteiger partial charge in [-0.05, 0) is 12.8 Å². The molecule has 0 aromatic carbocycles. The number of nitrogens with zero attached hydrogens (tertiary/aromatic N) is 1. The minimum Gasteiger partial charge on any atom is -0.375 e. The fourth-order valence-electron chi connectivity index (χ4n) is 2.58. The molecule has 1 atom stereocenters. The molecule has 2 fully saturated rings. The molecular weight excluding hydrogens is 246 g/mol. The highest BCUT2D eigenvalue weighted by atomic mass is 16.5. The third-order valence-corrected chi connectivity index (χ3v) is 3.72. The molecule has 0 aromatic heterocycles. The summed E-state index contributed by atoms with van der Waals surface area (Å²) in [6.07, 6.45) is 2.09. The zero-order valence-electron chi connectivity index (χ0n) is 11.5. The van der Waals surface area contributed by atoms with Crippen molar-refractivity contribution in [3.05, 3.63) is 0 Å². The highest BCUT2D eigenvalue weighted by Gasteiger charge is 2.23. The Morgan fingerprint density at radius 2 is 2.11 bits per heavy atom. The molecule has 19 heavy (non-hydrogen) atoms. The maximum atomic E-state index is 11.9. The predicted octanol–water partition coefficient (Wildman–Crippen LogP) is -0.508. The van der Waals surface area contributed by atoms with Crippen LogP contribution in [-0.2, 0) is 14.3 Å². The van der Waals surface area contributed by atoms with Crippen molar-refractivity contribution in [1.29, 1.82) is 0 Å². The molecule has 0 bridgehead atoms. The summed E-state index contributed by atoms with van der Waals surface area (Å²) in [5.41, 5.74) is 0. The minimum absolute atomic E-state index is 0.00828. The molecule has 0 spiro atoms. The molecule has 2 saturated heterocycles. The lowest BCUT2D eigenvalue weighted by Gasteiger charge is -2.32. The number of carbonyl (C=O) groups is 2. The van der Waals surface area contributed by atoms with Crippen molar-refractivity contribution in [2.24, 2.45) is 0 Å². The molecule has 6 heteroatoms. The van der Waals surface area contributed by atoms with Crippen molar-refractivity contribution in [1.82, 2.24) is 15.5 Å². The van der Waals surface area contributed by atoms with Gasteiger partial charge < -0.3 is 20.3 Å². The van der Waals surface area contributed by atoms with Crippen LogP contribution in [0.25, 0.3) is 0 Å². The number of likely N-dealkylation sites (tertiary alicyclic amines) is 1. The Balaban J connectivity index is 1.67. The standard InChI is InChI=1S/C13H23N3O3/c1-10(17)16-5-2-11(3-6-16)15-13(18)8-12-9-14-4-7-19-12/h11-12,14H,2-9H2,1H3,(H,15,18). The lowest BCUT2D eigenvalue weighted by molar-refractivity contribution is -0.130. The first-order chi connectivity index (χ1) is 9.15. The van der Waals surface area contributed by atoms with Gasteiger partial charge in [0, 0.05) is 39.1 Å². The maximum Gasteiger partial charge on any atom is 0.222 e. The molecule has 0 aromatic rings. The van der Waals surface area contributed by atoms with E-state index in [1.54, 1.807) is 6.92 Å². The summed E-state index contributed by atoms with van der Waals surface area (Å²) in [5, 5.41) is 6.25. The number of rotatable bonds is 3. The zero-order chi connectivity index (χ0) is 13.7. The third-order valence-electron chi connectivity index (χ3n) is 3.72. The molecule has 108 valence electrons. The van der Waals surface area contributed by atoms with Gasteiger partial charge in [0.25, 0.3) is 0 Å². The Kier molecular flexibility index (Phi) is 5.15. The summed E-state index contributed by atoms with van der Waals surface area (Å²) in [6, 6.07) is 0.194. The quantitative estimate of drug-likeness (QED) is 0.724. The first-order valence-electron chi connectivity index (χ1n) is 7.02. The van der Waals surface area contributed by atoms with Crippen LogP contribution < -0.4 is 10.6 Å². The van der Waals surface area contributed by atoms with Gasteiger partial charge in [-0.1, -0.05) is 0 Å². The van der Waals surface area contributed by atoms with Gasteiger partial charge in [-0.2, -0.15) is 0 Å². The number of amides is 2. The molecule has 0 aliphatic carbocycles. The monoisotopic (exact) mass is 269 g/mol. The number of hydrogen-bond acceptors (Lipinski definition) is 4. The van der Waals surface area contributed by atoms with Crippen LogP contribution in [0.5, 0.6) is 0 Å². The molecule has 2 N–H and O–H groups in total. The van der Waals surface area contributed by atoms with E-state index >= 15 is 0 Å². The second kappa shape index (κ2) is 6.86. The van der Waals surface area contributed by atoms with Crippen molar-refractivity contribution in [3.8, 4) is 0 Å². The number of ether oxygens (including phenoxy) is 1. The van der Waals surface area contributed by atoms with E-state index in [0.717, 1.165) is 39.0 Å². The summed E-state index contributed by atoms with van der Waals surface area (Å²) in [4.78, 5) is 24.9. The van der Waals surface area contributed by atoms with Gasteiger partial charge >= 0.3 is 0 Å². The normalized spacial score (nSPS) is 25.1. The second-order valence-electron chi connectivity index (χ2n) is 5.25. The zero-order valence-corrected chi connectivity index (χ0v) is 11.5. The summed E-state index contributed by atoms with van der Waals surface area (Å²) >= 11 is 0. The van der Waals surface area contributed by atoms with E-state index in [0.29, 0.717) is 13.0 Å². The van der Waals surface area contributed by atoms with Crippen molar-refractivity contribution < 1.29 is 14.3 Å². The lowest BCUT2D eigenvalue weighted by Crippen LogP contribution is -2.47. The Labute approximate surface area is 113 Å². The van der Waals surface area contributed by atoms with E-state index < -0.39 is 0 Å². The van der Waals surface area contributed by atoms with E-state index in [4.69, 9.17) is 4.74 Å². The van der Waals surface area contributed by atoms with E-state index in [1.807, 2.05) is 4.90 Å². The maximum absolute atomic E-state index is 11.9. The molecular formula is C13H23N3O3. The Morgan fingerprint density at radius 1 is 1.37 bits per heavy atom. The topological polar surface area (TPSA) is 70.7 Å². The average molecular weight is 269 g/mol. The Bertz CT molecular complexity index is 321. The van der Waals surface area contributed by atoms with E-state index in [-0.39, 0.29) is 24.0 Å². The fourth-order valence-corrected chi connectivity index (χ4v) is 2.58. The molecule has 2 rings (SSSR count). The van der Waals surface area contributed by atoms with E-state index in [1.165, 1.54) is 0 Å². The molecule has 6 nitrogen and oxygen atoms in total. The molecule has 0 saturated carbocycles. The summed E-state index contributed by atoms with van der Waals surface area (Å²) in [7, 11) is 0. The van der Waals surface area contributed by atoms with Gasteiger partial charge in [0.2, 0.25) is 11.8 Å². The molecule has 2 aliphatic heterocycles. The van der Waals surface area contributed by atoms with Crippen LogP contribution in [0.3, 0.4) is 0 Å². The van der Waals surface area contributed by atoms with Crippen LogP contribution in [0.4, 0.5) is 0 Å². The first-order valence-corrected chi connectivity index (χ1v) is 7.02. The van der Waals surface area contributed by atoms with Gasteiger partial charge in [-0.25, -0.2) is 0 Å². The van der Waals surface area contributed by atoms with Gasteiger partial charge in [0.05, 0.1) is 19.1 Å². The molecule has 0 radical (unpaired) electrons. The number of nitrogens with one attached hydrogen (secondary N) is 2. The van der Waals surface area contributed by atoms with Crippen LogP contribution in [0.2, 0.25) is 0 Å².